The molecule has 0 rings (SSSR count). The molecule has 5 nitrogen and oxygen atoms in total. The fourth-order valence-electron chi connectivity index (χ4n) is 8.31. The van der Waals surface area contributed by atoms with Gasteiger partial charge in [0.15, 0.2) is 0 Å². The highest BCUT2D eigenvalue weighted by Crippen LogP contribution is 2.17. The van der Waals surface area contributed by atoms with Crippen LogP contribution in [0.5, 0.6) is 0 Å². The summed E-state index contributed by atoms with van der Waals surface area (Å²) in [5.41, 5.74) is 0. The minimum atomic E-state index is -1.08. The number of hydrogen-bond donors (Lipinski definition) is 4. The number of rotatable bonds is 48. The fraction of sp³-hybridized carbons (Fsp3) is 0.942. The zero-order valence-electron chi connectivity index (χ0n) is 38.7. The van der Waals surface area contributed by atoms with Gasteiger partial charge in [-0.05, 0) is 38.5 Å². The molecule has 0 aromatic heterocycles. The van der Waals surface area contributed by atoms with Crippen LogP contribution in [0.15, 0.2) is 12.2 Å². The normalized spacial score (nSPS) is 13.4. The number of unbranched alkanes of at least 4 members (excludes halogenated alkanes) is 38. The smallest absolute Gasteiger partial charge is 0.249 e. The van der Waals surface area contributed by atoms with E-state index in [1.54, 1.807) is 0 Å². The number of aliphatic hydroxyl groups is 3. The topological polar surface area (TPSA) is 89.8 Å². The molecule has 0 spiro atoms. The maximum Gasteiger partial charge on any atom is 0.249 e. The van der Waals surface area contributed by atoms with Crippen LogP contribution in [0.1, 0.15) is 290 Å². The number of carbonyl (C=O) groups is 1. The van der Waals surface area contributed by atoms with Crippen LogP contribution in [0.2, 0.25) is 0 Å². The molecule has 0 aromatic rings. The van der Waals surface area contributed by atoms with Crippen molar-refractivity contribution in [3.8, 4) is 0 Å². The van der Waals surface area contributed by atoms with Gasteiger partial charge in [-0.1, -0.05) is 264 Å². The SMILES string of the molecule is CCCCCCCCCC/C=C\CCCCCCCCC(O)C(=O)NC(CO)C(O)CCCCCCCCCCCCCCCCCCCCCCCCCCC. The lowest BCUT2D eigenvalue weighted by molar-refractivity contribution is -0.131. The van der Waals surface area contributed by atoms with Gasteiger partial charge in [0.05, 0.1) is 18.8 Å². The van der Waals surface area contributed by atoms with E-state index in [9.17, 15) is 20.1 Å². The van der Waals surface area contributed by atoms with Gasteiger partial charge in [-0.25, -0.2) is 0 Å². The van der Waals surface area contributed by atoms with E-state index < -0.39 is 24.2 Å². The average molecular weight is 806 g/mol. The Morgan fingerprint density at radius 2 is 0.667 bits per heavy atom. The summed E-state index contributed by atoms with van der Waals surface area (Å²) in [4.78, 5) is 12.5. The second-order valence-electron chi connectivity index (χ2n) is 18.1. The number of aliphatic hydroxyl groups excluding tert-OH is 3. The third-order valence-corrected chi connectivity index (χ3v) is 12.4. The third-order valence-electron chi connectivity index (χ3n) is 12.4. The highest BCUT2D eigenvalue weighted by atomic mass is 16.3. The molecule has 0 saturated heterocycles. The largest absolute Gasteiger partial charge is 0.394 e. The zero-order valence-corrected chi connectivity index (χ0v) is 38.7. The third kappa shape index (κ3) is 43.0. The maximum atomic E-state index is 12.5. The molecule has 57 heavy (non-hydrogen) atoms. The highest BCUT2D eigenvalue weighted by molar-refractivity contribution is 5.80. The van der Waals surface area contributed by atoms with Crippen LogP contribution in [0, 0.1) is 0 Å². The number of carbonyl (C=O) groups excluding carboxylic acids is 1. The molecular formula is C52H103NO4. The molecule has 1 amide bonds. The van der Waals surface area contributed by atoms with Crippen LogP contribution >= 0.6 is 0 Å². The van der Waals surface area contributed by atoms with E-state index in [-0.39, 0.29) is 6.61 Å². The van der Waals surface area contributed by atoms with Gasteiger partial charge in [0, 0.05) is 0 Å². The Morgan fingerprint density at radius 3 is 0.965 bits per heavy atom. The maximum absolute atomic E-state index is 12.5. The minimum Gasteiger partial charge on any atom is -0.394 e. The van der Waals surface area contributed by atoms with E-state index >= 15 is 0 Å². The molecule has 0 fully saturated rings. The van der Waals surface area contributed by atoms with Crippen molar-refractivity contribution in [2.75, 3.05) is 6.61 Å². The number of allylic oxidation sites excluding steroid dienone is 2. The molecule has 3 atom stereocenters. The van der Waals surface area contributed by atoms with Crippen molar-refractivity contribution >= 4 is 5.91 Å². The molecule has 0 heterocycles. The van der Waals surface area contributed by atoms with E-state index in [1.165, 1.54) is 231 Å². The van der Waals surface area contributed by atoms with Gasteiger partial charge in [0.25, 0.3) is 0 Å². The van der Waals surface area contributed by atoms with Crippen molar-refractivity contribution < 1.29 is 20.1 Å². The van der Waals surface area contributed by atoms with Crippen LogP contribution < -0.4 is 5.32 Å². The highest BCUT2D eigenvalue weighted by Gasteiger charge is 2.23. The Kier molecular flexibility index (Phi) is 47.0. The van der Waals surface area contributed by atoms with Crippen LogP contribution in [0.25, 0.3) is 0 Å². The second-order valence-corrected chi connectivity index (χ2v) is 18.1. The summed E-state index contributed by atoms with van der Waals surface area (Å²) < 4.78 is 0. The molecule has 0 aromatic carbocycles. The first kappa shape index (κ1) is 56.1. The Balaban J connectivity index is 3.54. The van der Waals surface area contributed by atoms with Crippen molar-refractivity contribution in [3.05, 3.63) is 12.2 Å². The van der Waals surface area contributed by atoms with Crippen molar-refractivity contribution in [1.82, 2.24) is 5.32 Å². The lowest BCUT2D eigenvalue weighted by Crippen LogP contribution is -2.49. The van der Waals surface area contributed by atoms with Gasteiger partial charge in [0.2, 0.25) is 5.91 Å². The Morgan fingerprint density at radius 1 is 0.404 bits per heavy atom. The number of amides is 1. The second kappa shape index (κ2) is 47.8. The standard InChI is InChI=1S/C52H103NO4/c1-3-5-7-9-11-13-15-17-19-21-23-24-25-26-27-28-29-31-32-34-36-38-40-42-44-46-50(55)49(48-54)53-52(57)51(56)47-45-43-41-39-37-35-33-30-22-20-18-16-14-12-10-8-6-4-2/h22,30,49-51,54-56H,3-21,23-29,31-48H2,1-2H3,(H,53,57)/b30-22-. The van der Waals surface area contributed by atoms with Crippen LogP contribution in [0.3, 0.4) is 0 Å². The molecule has 0 radical (unpaired) electrons. The summed E-state index contributed by atoms with van der Waals surface area (Å²) in [6, 6.07) is -0.712. The summed E-state index contributed by atoms with van der Waals surface area (Å²) in [6.45, 7) is 4.26. The van der Waals surface area contributed by atoms with Crippen molar-refractivity contribution in [3.63, 3.8) is 0 Å². The predicted octanol–water partition coefficient (Wildman–Crippen LogP) is 15.6. The molecule has 0 aliphatic carbocycles. The van der Waals surface area contributed by atoms with Gasteiger partial charge in [-0.15, -0.1) is 0 Å². The molecule has 0 aliphatic heterocycles. The van der Waals surface area contributed by atoms with Crippen LogP contribution in [-0.2, 0) is 4.79 Å². The van der Waals surface area contributed by atoms with Crippen LogP contribution in [0.4, 0.5) is 0 Å². The first-order valence-corrected chi connectivity index (χ1v) is 26.0. The number of nitrogens with one attached hydrogen (secondary N) is 1. The van der Waals surface area contributed by atoms with Gasteiger partial charge >= 0.3 is 0 Å². The molecule has 340 valence electrons. The quantitative estimate of drug-likeness (QED) is 0.0364. The minimum absolute atomic E-state index is 0.312. The molecule has 0 aliphatic rings. The van der Waals surface area contributed by atoms with E-state index in [1.807, 2.05) is 0 Å². The summed E-state index contributed by atoms with van der Waals surface area (Å²) in [6.07, 6.45) is 58.1. The van der Waals surface area contributed by atoms with Gasteiger partial charge in [0.1, 0.15) is 6.10 Å². The predicted molar refractivity (Wildman–Crippen MR) is 250 cm³/mol. The van der Waals surface area contributed by atoms with Crippen molar-refractivity contribution in [1.29, 1.82) is 0 Å². The monoisotopic (exact) mass is 806 g/mol. The summed E-state index contributed by atoms with van der Waals surface area (Å²) >= 11 is 0. The Bertz CT molecular complexity index is 803. The summed E-state index contributed by atoms with van der Waals surface area (Å²) in [5, 5.41) is 33.5. The first-order chi connectivity index (χ1) is 28.1. The molecule has 5 heteroatoms. The Labute approximate surface area is 357 Å². The molecule has 3 unspecified atom stereocenters. The lowest BCUT2D eigenvalue weighted by Gasteiger charge is -2.23. The van der Waals surface area contributed by atoms with E-state index in [0.29, 0.717) is 12.8 Å². The van der Waals surface area contributed by atoms with Crippen molar-refractivity contribution in [2.24, 2.45) is 0 Å². The average Bonchev–Trinajstić information content (AvgIpc) is 3.22. The molecule has 0 bridgehead atoms. The summed E-state index contributed by atoms with van der Waals surface area (Å²) in [5.74, 6) is -0.471. The first-order valence-electron chi connectivity index (χ1n) is 26.0. The molecular weight excluding hydrogens is 703 g/mol. The lowest BCUT2D eigenvalue weighted by atomic mass is 10.0. The van der Waals surface area contributed by atoms with Gasteiger partial charge < -0.3 is 20.6 Å². The zero-order chi connectivity index (χ0) is 41.5. The summed E-state index contributed by atoms with van der Waals surface area (Å²) in [7, 11) is 0. The van der Waals surface area contributed by atoms with Crippen molar-refractivity contribution in [2.45, 2.75) is 308 Å². The van der Waals surface area contributed by atoms with Crippen LogP contribution in [-0.4, -0.2) is 46.1 Å². The van der Waals surface area contributed by atoms with Gasteiger partial charge in [-0.2, -0.15) is 0 Å². The molecule has 0 saturated carbocycles. The van der Waals surface area contributed by atoms with E-state index in [0.717, 1.165) is 32.1 Å². The Hall–Kier alpha value is -0.910. The van der Waals surface area contributed by atoms with E-state index in [4.69, 9.17) is 0 Å². The van der Waals surface area contributed by atoms with E-state index in [2.05, 4.69) is 31.3 Å². The fourth-order valence-corrected chi connectivity index (χ4v) is 8.31. The number of hydrogen-bond acceptors (Lipinski definition) is 4. The molecule has 4 N–H and O–H groups in total. The van der Waals surface area contributed by atoms with Gasteiger partial charge in [-0.3, -0.25) is 4.79 Å².